The van der Waals surface area contributed by atoms with Gasteiger partial charge in [-0.25, -0.2) is 0 Å². The van der Waals surface area contributed by atoms with Crippen molar-refractivity contribution in [3.8, 4) is 0 Å². The summed E-state index contributed by atoms with van der Waals surface area (Å²) in [6.45, 7) is 5.92. The van der Waals surface area contributed by atoms with Crippen molar-refractivity contribution >= 4 is 12.6 Å². The van der Waals surface area contributed by atoms with Crippen LogP contribution in [0.3, 0.4) is 0 Å². The molecule has 1 aromatic carbocycles. The van der Waals surface area contributed by atoms with Gasteiger partial charge in [0.25, 0.3) is 0 Å². The second-order valence-electron chi connectivity index (χ2n) is 5.96. The van der Waals surface area contributed by atoms with Gasteiger partial charge in [0, 0.05) is 18.6 Å². The normalized spacial score (nSPS) is 22.6. The second kappa shape index (κ2) is 4.15. The molecule has 1 saturated heterocycles. The molecule has 0 atom stereocenters. The molecule has 1 fully saturated rings. The lowest BCUT2D eigenvalue weighted by atomic mass is 9.72. The summed E-state index contributed by atoms with van der Waals surface area (Å²) in [5.74, 6) is 0. The van der Waals surface area contributed by atoms with Gasteiger partial charge in [-0.2, -0.15) is 0 Å². The van der Waals surface area contributed by atoms with Crippen LogP contribution in [-0.2, 0) is 22.2 Å². The van der Waals surface area contributed by atoms with Crippen molar-refractivity contribution in [3.05, 3.63) is 29.3 Å². The van der Waals surface area contributed by atoms with Crippen LogP contribution in [0, 0.1) is 5.41 Å². The molecular formula is C14H19BO2. The number of hydrogen-bond acceptors (Lipinski definition) is 2. The van der Waals surface area contributed by atoms with Crippen molar-refractivity contribution in [2.24, 2.45) is 5.41 Å². The van der Waals surface area contributed by atoms with Gasteiger partial charge < -0.3 is 9.31 Å². The Morgan fingerprint density at radius 3 is 2.65 bits per heavy atom. The number of fused-ring (bicyclic) bond motifs is 1. The molecule has 90 valence electrons. The Morgan fingerprint density at radius 1 is 1.12 bits per heavy atom. The van der Waals surface area contributed by atoms with E-state index in [-0.39, 0.29) is 12.5 Å². The highest BCUT2D eigenvalue weighted by Gasteiger charge is 2.35. The summed E-state index contributed by atoms with van der Waals surface area (Å²) in [5.41, 5.74) is 4.36. The first kappa shape index (κ1) is 11.3. The highest BCUT2D eigenvalue weighted by Crippen LogP contribution is 2.24. The number of benzene rings is 1. The summed E-state index contributed by atoms with van der Waals surface area (Å²) in [6, 6.07) is 6.53. The Labute approximate surface area is 103 Å². The van der Waals surface area contributed by atoms with Gasteiger partial charge >= 0.3 is 7.12 Å². The molecule has 0 N–H and O–H groups in total. The molecule has 0 bridgehead atoms. The molecule has 3 rings (SSSR count). The van der Waals surface area contributed by atoms with E-state index >= 15 is 0 Å². The van der Waals surface area contributed by atoms with E-state index in [1.165, 1.54) is 35.9 Å². The number of rotatable bonds is 1. The first-order chi connectivity index (χ1) is 8.16. The molecule has 1 aliphatic heterocycles. The molecule has 1 heterocycles. The summed E-state index contributed by atoms with van der Waals surface area (Å²) in [4.78, 5) is 0. The maximum atomic E-state index is 5.88. The van der Waals surface area contributed by atoms with E-state index in [2.05, 4.69) is 32.0 Å². The smallest absolute Gasteiger partial charge is 0.407 e. The van der Waals surface area contributed by atoms with E-state index in [1.54, 1.807) is 0 Å². The van der Waals surface area contributed by atoms with Crippen LogP contribution in [0.15, 0.2) is 18.2 Å². The average Bonchev–Trinajstić information content (AvgIpc) is 2.77. The third-order valence-corrected chi connectivity index (χ3v) is 3.69. The average molecular weight is 230 g/mol. The zero-order valence-electron chi connectivity index (χ0n) is 10.7. The van der Waals surface area contributed by atoms with Crippen molar-refractivity contribution in [1.29, 1.82) is 0 Å². The van der Waals surface area contributed by atoms with Gasteiger partial charge in [0.1, 0.15) is 0 Å². The summed E-state index contributed by atoms with van der Waals surface area (Å²) < 4.78 is 11.8. The molecule has 1 aromatic rings. The molecule has 2 aliphatic rings. The number of hydrogen-bond donors (Lipinski definition) is 0. The van der Waals surface area contributed by atoms with Crippen LogP contribution in [0.5, 0.6) is 0 Å². The SMILES string of the molecule is CC1(C)COB(c2cccc3c2CCC3)OC1. The Morgan fingerprint density at radius 2 is 1.88 bits per heavy atom. The fraction of sp³-hybridized carbons (Fsp3) is 0.571. The molecule has 0 spiro atoms. The van der Waals surface area contributed by atoms with Crippen LogP contribution in [0.25, 0.3) is 0 Å². The van der Waals surface area contributed by atoms with Crippen LogP contribution in [0.2, 0.25) is 0 Å². The van der Waals surface area contributed by atoms with Crippen LogP contribution in [0.4, 0.5) is 0 Å². The summed E-state index contributed by atoms with van der Waals surface area (Å²) in [6.07, 6.45) is 3.66. The minimum Gasteiger partial charge on any atom is -0.407 e. The molecule has 2 nitrogen and oxygen atoms in total. The predicted molar refractivity (Wildman–Crippen MR) is 69.5 cm³/mol. The van der Waals surface area contributed by atoms with Gasteiger partial charge in [0.15, 0.2) is 0 Å². The minimum absolute atomic E-state index is 0.143. The predicted octanol–water partition coefficient (Wildman–Crippen LogP) is 1.94. The molecule has 3 heteroatoms. The third-order valence-electron chi connectivity index (χ3n) is 3.69. The quantitative estimate of drug-likeness (QED) is 0.686. The fourth-order valence-electron chi connectivity index (χ4n) is 2.74. The summed E-state index contributed by atoms with van der Waals surface area (Å²) in [7, 11) is -0.143. The maximum Gasteiger partial charge on any atom is 0.494 e. The largest absolute Gasteiger partial charge is 0.494 e. The van der Waals surface area contributed by atoms with E-state index < -0.39 is 0 Å². The van der Waals surface area contributed by atoms with Gasteiger partial charge in [-0.1, -0.05) is 32.0 Å². The van der Waals surface area contributed by atoms with Crippen LogP contribution in [-0.4, -0.2) is 20.3 Å². The van der Waals surface area contributed by atoms with Gasteiger partial charge in [-0.3, -0.25) is 0 Å². The lowest BCUT2D eigenvalue weighted by Crippen LogP contribution is -2.48. The minimum atomic E-state index is -0.143. The highest BCUT2D eigenvalue weighted by atomic mass is 16.6. The van der Waals surface area contributed by atoms with Gasteiger partial charge in [0.05, 0.1) is 0 Å². The standard InChI is InChI=1S/C14H19BO2/c1-14(2)9-16-15(17-10-14)13-8-4-6-11-5-3-7-12(11)13/h4,6,8H,3,5,7,9-10H2,1-2H3. The van der Waals surface area contributed by atoms with Crippen molar-refractivity contribution in [2.75, 3.05) is 13.2 Å². The first-order valence-corrected chi connectivity index (χ1v) is 6.50. The molecule has 0 amide bonds. The van der Waals surface area contributed by atoms with E-state index in [0.29, 0.717) is 0 Å². The van der Waals surface area contributed by atoms with Crippen LogP contribution >= 0.6 is 0 Å². The molecule has 0 saturated carbocycles. The number of aryl methyl sites for hydroxylation is 1. The molecular weight excluding hydrogens is 211 g/mol. The van der Waals surface area contributed by atoms with E-state index in [0.717, 1.165) is 13.2 Å². The Balaban J connectivity index is 1.84. The van der Waals surface area contributed by atoms with Crippen LogP contribution in [0.1, 0.15) is 31.4 Å². The molecule has 0 radical (unpaired) electrons. The van der Waals surface area contributed by atoms with Gasteiger partial charge in [-0.05, 0) is 35.9 Å². The zero-order valence-corrected chi connectivity index (χ0v) is 10.7. The topological polar surface area (TPSA) is 18.5 Å². The van der Waals surface area contributed by atoms with Crippen molar-refractivity contribution < 1.29 is 9.31 Å². The molecule has 1 aliphatic carbocycles. The summed E-state index contributed by atoms with van der Waals surface area (Å²) in [5, 5.41) is 0. The van der Waals surface area contributed by atoms with Gasteiger partial charge in [0.2, 0.25) is 0 Å². The first-order valence-electron chi connectivity index (χ1n) is 6.50. The lowest BCUT2D eigenvalue weighted by molar-refractivity contribution is 0.0342. The van der Waals surface area contributed by atoms with Crippen molar-refractivity contribution in [3.63, 3.8) is 0 Å². The lowest BCUT2D eigenvalue weighted by Gasteiger charge is -2.33. The zero-order chi connectivity index (χ0) is 11.9. The molecule has 17 heavy (non-hydrogen) atoms. The fourth-order valence-corrected chi connectivity index (χ4v) is 2.74. The second-order valence-corrected chi connectivity index (χ2v) is 5.96. The van der Waals surface area contributed by atoms with E-state index in [9.17, 15) is 0 Å². The van der Waals surface area contributed by atoms with Crippen molar-refractivity contribution in [1.82, 2.24) is 0 Å². The highest BCUT2D eigenvalue weighted by molar-refractivity contribution is 6.62. The van der Waals surface area contributed by atoms with Crippen molar-refractivity contribution in [2.45, 2.75) is 33.1 Å². The monoisotopic (exact) mass is 230 g/mol. The van der Waals surface area contributed by atoms with Gasteiger partial charge in [-0.15, -0.1) is 0 Å². The Hall–Kier alpha value is -0.795. The van der Waals surface area contributed by atoms with Crippen LogP contribution < -0.4 is 5.46 Å². The summed E-state index contributed by atoms with van der Waals surface area (Å²) >= 11 is 0. The Kier molecular flexibility index (Phi) is 2.76. The Bertz CT molecular complexity index is 418. The molecule has 0 aromatic heterocycles. The third kappa shape index (κ3) is 2.14. The van der Waals surface area contributed by atoms with E-state index in [1.807, 2.05) is 0 Å². The van der Waals surface area contributed by atoms with E-state index in [4.69, 9.17) is 9.31 Å². The maximum absolute atomic E-state index is 5.88. The molecule has 0 unspecified atom stereocenters.